The van der Waals surface area contributed by atoms with Crippen molar-refractivity contribution in [2.45, 2.75) is 6.04 Å². The van der Waals surface area contributed by atoms with Crippen molar-refractivity contribution < 1.29 is 14.3 Å². The first kappa shape index (κ1) is 13.1. The quantitative estimate of drug-likeness (QED) is 0.835. The molecule has 4 nitrogen and oxygen atoms in total. The molecule has 4 heteroatoms. The van der Waals surface area contributed by atoms with Crippen molar-refractivity contribution in [2.24, 2.45) is 5.92 Å². The van der Waals surface area contributed by atoms with Crippen LogP contribution in [0.5, 0.6) is 0 Å². The van der Waals surface area contributed by atoms with E-state index in [0.717, 1.165) is 0 Å². The molecule has 1 aliphatic carbocycles. The number of nitrogens with one attached hydrogen (secondary N) is 1. The Kier molecular flexibility index (Phi) is 4.13. The topological polar surface area (TPSA) is 55.4 Å². The van der Waals surface area contributed by atoms with E-state index in [4.69, 9.17) is 4.74 Å². The zero-order valence-electron chi connectivity index (χ0n) is 10.6. The Morgan fingerprint density at radius 1 is 1.16 bits per heavy atom. The van der Waals surface area contributed by atoms with Crippen LogP contribution >= 0.6 is 0 Å². The molecular weight excluding hydrogens is 242 g/mol. The number of carbonyl (C=O) groups is 2. The van der Waals surface area contributed by atoms with Crippen molar-refractivity contribution in [1.29, 1.82) is 0 Å². The predicted molar refractivity (Wildman–Crippen MR) is 71.5 cm³/mol. The van der Waals surface area contributed by atoms with Gasteiger partial charge in [0, 0.05) is 11.5 Å². The number of ether oxygens (including phenoxy) is 1. The van der Waals surface area contributed by atoms with Crippen LogP contribution in [0.2, 0.25) is 0 Å². The summed E-state index contributed by atoms with van der Waals surface area (Å²) in [5.41, 5.74) is 0.516. The molecule has 0 aliphatic heterocycles. The van der Waals surface area contributed by atoms with Gasteiger partial charge in [0.2, 0.25) is 0 Å². The van der Waals surface area contributed by atoms with Gasteiger partial charge >= 0.3 is 5.97 Å². The van der Waals surface area contributed by atoms with Gasteiger partial charge in [-0.25, -0.2) is 4.79 Å². The Balaban J connectivity index is 2.12. The van der Waals surface area contributed by atoms with E-state index in [-0.39, 0.29) is 11.8 Å². The van der Waals surface area contributed by atoms with E-state index in [0.29, 0.717) is 5.56 Å². The zero-order valence-corrected chi connectivity index (χ0v) is 10.6. The monoisotopic (exact) mass is 257 g/mol. The van der Waals surface area contributed by atoms with Crippen molar-refractivity contribution in [3.8, 4) is 0 Å². The molecular formula is C15H15NO3. The van der Waals surface area contributed by atoms with Crippen molar-refractivity contribution in [2.75, 3.05) is 7.11 Å². The second-order valence-electron chi connectivity index (χ2n) is 4.19. The number of hydrogen-bond donors (Lipinski definition) is 1. The SMILES string of the molecule is COC(=O)C(NC(=O)c1ccccc1)C1C=CC=C1. The highest BCUT2D eigenvalue weighted by atomic mass is 16.5. The van der Waals surface area contributed by atoms with E-state index >= 15 is 0 Å². The summed E-state index contributed by atoms with van der Waals surface area (Å²) < 4.78 is 4.74. The first-order valence-electron chi connectivity index (χ1n) is 6.01. The van der Waals surface area contributed by atoms with Gasteiger partial charge in [0.05, 0.1) is 7.11 Å². The summed E-state index contributed by atoms with van der Waals surface area (Å²) in [5.74, 6) is -0.907. The highest BCUT2D eigenvalue weighted by molar-refractivity contribution is 5.97. The molecule has 1 aromatic carbocycles. The van der Waals surface area contributed by atoms with Gasteiger partial charge in [-0.2, -0.15) is 0 Å². The Labute approximate surface area is 111 Å². The maximum atomic E-state index is 12.1. The van der Waals surface area contributed by atoms with Crippen molar-refractivity contribution in [1.82, 2.24) is 5.32 Å². The summed E-state index contributed by atoms with van der Waals surface area (Å²) in [7, 11) is 1.31. The minimum atomic E-state index is -0.701. The maximum Gasteiger partial charge on any atom is 0.329 e. The van der Waals surface area contributed by atoms with Gasteiger partial charge in [-0.05, 0) is 12.1 Å². The Morgan fingerprint density at radius 2 is 1.79 bits per heavy atom. The van der Waals surface area contributed by atoms with Crippen LogP contribution in [0.25, 0.3) is 0 Å². The lowest BCUT2D eigenvalue weighted by molar-refractivity contribution is -0.143. The van der Waals surface area contributed by atoms with Crippen LogP contribution in [0, 0.1) is 5.92 Å². The van der Waals surface area contributed by atoms with Gasteiger partial charge in [0.25, 0.3) is 5.91 Å². The smallest absolute Gasteiger partial charge is 0.329 e. The van der Waals surface area contributed by atoms with Crippen LogP contribution in [-0.2, 0) is 9.53 Å². The molecule has 0 spiro atoms. The summed E-state index contributed by atoms with van der Waals surface area (Å²) >= 11 is 0. The summed E-state index contributed by atoms with van der Waals surface area (Å²) in [5, 5.41) is 2.71. The molecule has 1 unspecified atom stereocenters. The summed E-state index contributed by atoms with van der Waals surface area (Å²) in [6, 6.07) is 8.08. The largest absolute Gasteiger partial charge is 0.467 e. The predicted octanol–water partition coefficient (Wildman–Crippen LogP) is 1.70. The second kappa shape index (κ2) is 6.00. The van der Waals surface area contributed by atoms with Crippen LogP contribution < -0.4 is 5.32 Å². The average molecular weight is 257 g/mol. The van der Waals surface area contributed by atoms with Crippen LogP contribution in [-0.4, -0.2) is 25.0 Å². The molecule has 1 aromatic rings. The molecule has 0 aromatic heterocycles. The van der Waals surface area contributed by atoms with Crippen LogP contribution in [0.15, 0.2) is 54.6 Å². The standard InChI is InChI=1S/C15H15NO3/c1-19-15(18)13(11-7-5-6-8-11)16-14(17)12-9-3-2-4-10-12/h2-11,13H,1H3,(H,16,17). The van der Waals surface area contributed by atoms with Crippen LogP contribution in [0.4, 0.5) is 0 Å². The maximum absolute atomic E-state index is 12.1. The first-order valence-corrected chi connectivity index (χ1v) is 6.01. The number of hydrogen-bond acceptors (Lipinski definition) is 3. The molecule has 1 amide bonds. The number of benzene rings is 1. The first-order chi connectivity index (χ1) is 9.22. The molecule has 19 heavy (non-hydrogen) atoms. The molecule has 98 valence electrons. The van der Waals surface area contributed by atoms with Gasteiger partial charge in [0.1, 0.15) is 6.04 Å². The fraction of sp³-hybridized carbons (Fsp3) is 0.200. The molecule has 0 bridgehead atoms. The summed E-state index contributed by atoms with van der Waals surface area (Å²) in [6.07, 6.45) is 7.39. The number of allylic oxidation sites excluding steroid dienone is 2. The Morgan fingerprint density at radius 3 is 2.37 bits per heavy atom. The fourth-order valence-electron chi connectivity index (χ4n) is 1.92. The van der Waals surface area contributed by atoms with Crippen LogP contribution in [0.3, 0.4) is 0 Å². The minimum Gasteiger partial charge on any atom is -0.467 e. The molecule has 0 radical (unpaired) electrons. The molecule has 0 fully saturated rings. The van der Waals surface area contributed by atoms with Crippen LogP contribution in [0.1, 0.15) is 10.4 Å². The second-order valence-corrected chi connectivity index (χ2v) is 4.19. The molecule has 1 aliphatic rings. The highest BCUT2D eigenvalue weighted by Gasteiger charge is 2.28. The summed E-state index contributed by atoms with van der Waals surface area (Å²) in [6.45, 7) is 0. The molecule has 2 rings (SSSR count). The lowest BCUT2D eigenvalue weighted by Gasteiger charge is -2.20. The number of rotatable bonds is 4. The van der Waals surface area contributed by atoms with Crippen molar-refractivity contribution in [3.05, 3.63) is 60.2 Å². The molecule has 1 N–H and O–H groups in total. The number of esters is 1. The Hall–Kier alpha value is -2.36. The number of methoxy groups -OCH3 is 1. The van der Waals surface area contributed by atoms with E-state index in [1.807, 2.05) is 30.4 Å². The van der Waals surface area contributed by atoms with Gasteiger partial charge in [0.15, 0.2) is 0 Å². The van der Waals surface area contributed by atoms with Crippen molar-refractivity contribution >= 4 is 11.9 Å². The lowest BCUT2D eigenvalue weighted by Crippen LogP contribution is -2.45. The molecule has 0 heterocycles. The normalized spacial score (nSPS) is 15.2. The van der Waals surface area contributed by atoms with E-state index in [2.05, 4.69) is 5.32 Å². The van der Waals surface area contributed by atoms with Crippen molar-refractivity contribution in [3.63, 3.8) is 0 Å². The lowest BCUT2D eigenvalue weighted by atomic mass is 10.0. The third-order valence-corrected chi connectivity index (χ3v) is 2.94. The van der Waals surface area contributed by atoms with Gasteiger partial charge in [-0.3, -0.25) is 4.79 Å². The zero-order chi connectivity index (χ0) is 13.7. The van der Waals surface area contributed by atoms with Gasteiger partial charge in [-0.1, -0.05) is 42.5 Å². The van der Waals surface area contributed by atoms with E-state index in [9.17, 15) is 9.59 Å². The fourth-order valence-corrected chi connectivity index (χ4v) is 1.92. The third-order valence-electron chi connectivity index (χ3n) is 2.94. The number of amides is 1. The highest BCUT2D eigenvalue weighted by Crippen LogP contribution is 2.15. The molecule has 0 saturated carbocycles. The van der Waals surface area contributed by atoms with E-state index < -0.39 is 12.0 Å². The number of carbonyl (C=O) groups excluding carboxylic acids is 2. The summed E-state index contributed by atoms with van der Waals surface area (Å²) in [4.78, 5) is 23.8. The molecule has 0 saturated heterocycles. The van der Waals surface area contributed by atoms with E-state index in [1.165, 1.54) is 7.11 Å². The average Bonchev–Trinajstić information content (AvgIpc) is 2.98. The minimum absolute atomic E-state index is 0.167. The van der Waals surface area contributed by atoms with E-state index in [1.54, 1.807) is 24.3 Å². The molecule has 1 atom stereocenters. The van der Waals surface area contributed by atoms with Gasteiger partial charge in [-0.15, -0.1) is 0 Å². The Bertz CT molecular complexity index is 507. The van der Waals surface area contributed by atoms with Gasteiger partial charge < -0.3 is 10.1 Å². The third kappa shape index (κ3) is 3.10.